The maximum Gasteiger partial charge on any atom is 0.256 e. The molecule has 1 unspecified atom stereocenters. The Hall–Kier alpha value is -3.22. The van der Waals surface area contributed by atoms with Gasteiger partial charge in [0.05, 0.1) is 23.8 Å². The van der Waals surface area contributed by atoms with Gasteiger partial charge in [0.15, 0.2) is 0 Å². The van der Waals surface area contributed by atoms with Crippen molar-refractivity contribution in [2.45, 2.75) is 19.5 Å². The molecule has 2 aromatic carbocycles. The summed E-state index contributed by atoms with van der Waals surface area (Å²) in [5, 5.41) is 11.2. The van der Waals surface area contributed by atoms with Crippen LogP contribution in [0.4, 0.5) is 0 Å². The highest BCUT2D eigenvalue weighted by atomic mass is 16.5. The van der Waals surface area contributed by atoms with E-state index in [-0.39, 0.29) is 11.9 Å². The van der Waals surface area contributed by atoms with E-state index in [0.717, 1.165) is 11.3 Å². The molecule has 0 saturated carbocycles. The van der Waals surface area contributed by atoms with E-state index in [1.165, 1.54) is 11.0 Å². The van der Waals surface area contributed by atoms with E-state index in [4.69, 9.17) is 4.74 Å². The van der Waals surface area contributed by atoms with E-state index >= 15 is 0 Å². The van der Waals surface area contributed by atoms with Crippen molar-refractivity contribution in [3.63, 3.8) is 0 Å². The van der Waals surface area contributed by atoms with Crippen molar-refractivity contribution in [3.8, 4) is 11.4 Å². The largest absolute Gasteiger partial charge is 0.491 e. The molecule has 7 nitrogen and oxygen atoms in total. The second-order valence-corrected chi connectivity index (χ2v) is 5.97. The van der Waals surface area contributed by atoms with Crippen molar-refractivity contribution in [2.24, 2.45) is 0 Å². The number of ether oxygens (including phenoxy) is 1. The molecule has 0 saturated heterocycles. The van der Waals surface area contributed by atoms with E-state index < -0.39 is 0 Å². The minimum Gasteiger partial charge on any atom is -0.491 e. The summed E-state index contributed by atoms with van der Waals surface area (Å²) in [4.78, 5) is 15.1. The maximum absolute atomic E-state index is 13.3. The van der Waals surface area contributed by atoms with Gasteiger partial charge in [-0.1, -0.05) is 30.3 Å². The molecule has 0 bridgehead atoms. The number of carbonyl (C=O) groups excluding carboxylic acids is 1. The predicted octanol–water partition coefficient (Wildman–Crippen LogP) is 2.09. The molecule has 1 amide bonds. The molecule has 0 N–H and O–H groups in total. The van der Waals surface area contributed by atoms with Gasteiger partial charge in [-0.2, -0.15) is 4.68 Å². The van der Waals surface area contributed by atoms with Gasteiger partial charge in [-0.05, 0) is 35.5 Å². The summed E-state index contributed by atoms with van der Waals surface area (Å²) in [5.74, 6) is 0.761. The standard InChI is InChI=1S/C18H17N5O2/c1-13-11-25-17-9-5-2-6-14(17)10-22(13)18(24)15-7-3-4-8-16(15)23-12-19-20-21-23/h2-9,12-13H,10-11H2,1H3. The van der Waals surface area contributed by atoms with E-state index in [0.29, 0.717) is 24.4 Å². The monoisotopic (exact) mass is 335 g/mol. The summed E-state index contributed by atoms with van der Waals surface area (Å²) in [6.07, 6.45) is 1.48. The highest BCUT2D eigenvalue weighted by Crippen LogP contribution is 2.26. The number of hydrogen-bond acceptors (Lipinski definition) is 5. The lowest BCUT2D eigenvalue weighted by Gasteiger charge is -2.27. The van der Waals surface area contributed by atoms with E-state index in [9.17, 15) is 4.79 Å². The smallest absolute Gasteiger partial charge is 0.256 e. The molecule has 4 rings (SSSR count). The van der Waals surface area contributed by atoms with Crippen LogP contribution in [0, 0.1) is 0 Å². The molecular weight excluding hydrogens is 318 g/mol. The van der Waals surface area contributed by atoms with Gasteiger partial charge in [-0.3, -0.25) is 4.79 Å². The molecule has 1 atom stereocenters. The van der Waals surface area contributed by atoms with E-state index in [1.807, 2.05) is 54.3 Å². The third-order valence-electron chi connectivity index (χ3n) is 4.32. The summed E-state index contributed by atoms with van der Waals surface area (Å²) in [6, 6.07) is 15.1. The van der Waals surface area contributed by atoms with Crippen LogP contribution in [0.2, 0.25) is 0 Å². The van der Waals surface area contributed by atoms with Crippen molar-refractivity contribution in [1.82, 2.24) is 25.1 Å². The molecule has 0 aliphatic carbocycles. The number of benzene rings is 2. The van der Waals surface area contributed by atoms with Crippen LogP contribution in [0.3, 0.4) is 0 Å². The van der Waals surface area contributed by atoms with Crippen LogP contribution in [0.1, 0.15) is 22.8 Å². The summed E-state index contributed by atoms with van der Waals surface area (Å²) in [7, 11) is 0. The number of amides is 1. The number of tetrazole rings is 1. The zero-order valence-electron chi connectivity index (χ0n) is 13.7. The zero-order chi connectivity index (χ0) is 17.2. The van der Waals surface area contributed by atoms with Crippen molar-refractivity contribution in [2.75, 3.05) is 6.61 Å². The number of hydrogen-bond donors (Lipinski definition) is 0. The average molecular weight is 335 g/mol. The Morgan fingerprint density at radius 1 is 1.16 bits per heavy atom. The van der Waals surface area contributed by atoms with Crippen LogP contribution >= 0.6 is 0 Å². The zero-order valence-corrected chi connectivity index (χ0v) is 13.7. The molecule has 2 heterocycles. The van der Waals surface area contributed by atoms with Gasteiger partial charge >= 0.3 is 0 Å². The van der Waals surface area contributed by atoms with Crippen LogP contribution in [0.25, 0.3) is 5.69 Å². The van der Waals surface area contributed by atoms with Crippen molar-refractivity contribution < 1.29 is 9.53 Å². The summed E-state index contributed by atoms with van der Waals surface area (Å²) >= 11 is 0. The maximum atomic E-state index is 13.3. The second kappa shape index (κ2) is 6.35. The Morgan fingerprint density at radius 2 is 1.96 bits per heavy atom. The van der Waals surface area contributed by atoms with E-state index in [2.05, 4.69) is 15.5 Å². The SMILES string of the molecule is CC1COc2ccccc2CN1C(=O)c1ccccc1-n1cnnn1. The molecule has 0 spiro atoms. The van der Waals surface area contributed by atoms with Crippen molar-refractivity contribution >= 4 is 5.91 Å². The average Bonchev–Trinajstić information content (AvgIpc) is 3.13. The second-order valence-electron chi connectivity index (χ2n) is 5.97. The fraction of sp³-hybridized carbons (Fsp3) is 0.222. The molecule has 1 aliphatic rings. The molecule has 0 fully saturated rings. The highest BCUT2D eigenvalue weighted by Gasteiger charge is 2.28. The van der Waals surface area contributed by atoms with Crippen molar-refractivity contribution in [3.05, 3.63) is 66.0 Å². The first-order valence-corrected chi connectivity index (χ1v) is 8.08. The Balaban J connectivity index is 1.72. The first kappa shape index (κ1) is 15.3. The molecule has 1 aliphatic heterocycles. The van der Waals surface area contributed by atoms with Crippen LogP contribution < -0.4 is 4.74 Å². The predicted molar refractivity (Wildman–Crippen MR) is 90.4 cm³/mol. The molecule has 3 aromatic rings. The Labute approximate surface area is 144 Å². The Morgan fingerprint density at radius 3 is 2.80 bits per heavy atom. The van der Waals surface area contributed by atoms with Crippen LogP contribution in [-0.4, -0.2) is 43.7 Å². The topological polar surface area (TPSA) is 73.1 Å². The van der Waals surface area contributed by atoms with Gasteiger partial charge in [0.1, 0.15) is 18.7 Å². The number of carbonyl (C=O) groups is 1. The third-order valence-corrected chi connectivity index (χ3v) is 4.32. The number of rotatable bonds is 2. The first-order chi connectivity index (χ1) is 12.2. The highest BCUT2D eigenvalue weighted by molar-refractivity contribution is 5.98. The van der Waals surface area contributed by atoms with Gasteiger partial charge in [-0.15, -0.1) is 5.10 Å². The number of nitrogens with zero attached hydrogens (tertiary/aromatic N) is 5. The van der Waals surface area contributed by atoms with Gasteiger partial charge < -0.3 is 9.64 Å². The summed E-state index contributed by atoms with van der Waals surface area (Å²) in [5.41, 5.74) is 2.21. The number of fused-ring (bicyclic) bond motifs is 1. The quantitative estimate of drug-likeness (QED) is 0.717. The fourth-order valence-corrected chi connectivity index (χ4v) is 2.97. The number of aromatic nitrogens is 4. The Bertz CT molecular complexity index is 894. The van der Waals surface area contributed by atoms with Crippen LogP contribution in [-0.2, 0) is 6.54 Å². The van der Waals surface area contributed by atoms with Gasteiger partial charge in [0, 0.05) is 5.56 Å². The molecule has 25 heavy (non-hydrogen) atoms. The molecule has 126 valence electrons. The molecule has 1 aromatic heterocycles. The lowest BCUT2D eigenvalue weighted by Crippen LogP contribution is -2.40. The van der Waals surface area contributed by atoms with Gasteiger partial charge in [0.2, 0.25) is 0 Å². The normalized spacial score (nSPS) is 16.7. The number of para-hydroxylation sites is 2. The molecular formula is C18H17N5O2. The summed E-state index contributed by atoms with van der Waals surface area (Å²) in [6.45, 7) is 2.94. The third kappa shape index (κ3) is 2.84. The minimum absolute atomic E-state index is 0.0539. The van der Waals surface area contributed by atoms with Gasteiger partial charge in [0.25, 0.3) is 5.91 Å². The fourth-order valence-electron chi connectivity index (χ4n) is 2.97. The molecule has 0 radical (unpaired) electrons. The minimum atomic E-state index is -0.0705. The van der Waals surface area contributed by atoms with Crippen LogP contribution in [0.5, 0.6) is 5.75 Å². The van der Waals surface area contributed by atoms with E-state index in [1.54, 1.807) is 6.07 Å². The lowest BCUT2D eigenvalue weighted by atomic mass is 10.1. The molecule has 7 heteroatoms. The summed E-state index contributed by atoms with van der Waals surface area (Å²) < 4.78 is 7.35. The van der Waals surface area contributed by atoms with Crippen molar-refractivity contribution in [1.29, 1.82) is 0 Å². The van der Waals surface area contributed by atoms with Gasteiger partial charge in [-0.25, -0.2) is 0 Å². The Kier molecular flexibility index (Phi) is 3.89. The van der Waals surface area contributed by atoms with Crippen LogP contribution in [0.15, 0.2) is 54.9 Å². The first-order valence-electron chi connectivity index (χ1n) is 8.08. The lowest BCUT2D eigenvalue weighted by molar-refractivity contribution is 0.0645.